The number of nitrogens with one attached hydrogen (secondary N) is 1. The first-order chi connectivity index (χ1) is 7.75. The lowest BCUT2D eigenvalue weighted by Gasteiger charge is -2.14. The van der Waals surface area contributed by atoms with Gasteiger partial charge >= 0.3 is 0 Å². The van der Waals surface area contributed by atoms with E-state index in [1.807, 2.05) is 0 Å². The molecule has 84 valence electrons. The van der Waals surface area contributed by atoms with Crippen LogP contribution in [0.25, 0.3) is 0 Å². The summed E-state index contributed by atoms with van der Waals surface area (Å²) in [6.45, 7) is 0.859. The minimum absolute atomic E-state index is 0.182. The van der Waals surface area contributed by atoms with E-state index in [1.54, 1.807) is 24.3 Å². The van der Waals surface area contributed by atoms with Crippen LogP contribution in [0.3, 0.4) is 0 Å². The highest BCUT2D eigenvalue weighted by Gasteiger charge is 2.14. The Labute approximate surface area is 97.8 Å². The summed E-state index contributed by atoms with van der Waals surface area (Å²) in [6, 6.07) is 6.82. The van der Waals surface area contributed by atoms with E-state index in [9.17, 15) is 4.79 Å². The molecule has 1 N–H and O–H groups in total. The van der Waals surface area contributed by atoms with Crippen molar-refractivity contribution in [3.63, 3.8) is 0 Å². The van der Waals surface area contributed by atoms with E-state index in [4.69, 9.17) is 21.1 Å². The fraction of sp³-hybridized carbons (Fsp3) is 0.182. The second kappa shape index (κ2) is 4.90. The number of carbonyl (C=O) groups is 1. The van der Waals surface area contributed by atoms with Crippen LogP contribution in [0.5, 0.6) is 0 Å². The van der Waals surface area contributed by atoms with Gasteiger partial charge in [0.25, 0.3) is 5.91 Å². The number of hydrogen-bond acceptors (Lipinski definition) is 3. The van der Waals surface area contributed by atoms with Crippen molar-refractivity contribution < 1.29 is 14.3 Å². The van der Waals surface area contributed by atoms with Gasteiger partial charge in [-0.05, 0) is 24.3 Å². The fourth-order valence-corrected chi connectivity index (χ4v) is 1.34. The van der Waals surface area contributed by atoms with Gasteiger partial charge in [0.2, 0.25) is 5.76 Å². The molecule has 1 amide bonds. The van der Waals surface area contributed by atoms with E-state index >= 15 is 0 Å². The van der Waals surface area contributed by atoms with Gasteiger partial charge in [0, 0.05) is 10.7 Å². The smallest absolute Gasteiger partial charge is 0.294 e. The highest BCUT2D eigenvalue weighted by atomic mass is 35.5. The molecule has 16 heavy (non-hydrogen) atoms. The number of halogens is 1. The molecule has 4 nitrogen and oxygen atoms in total. The Balaban J connectivity index is 2.01. The number of carbonyl (C=O) groups excluding carboxylic acids is 1. The molecule has 1 aromatic rings. The van der Waals surface area contributed by atoms with Crippen LogP contribution in [0.2, 0.25) is 5.02 Å². The van der Waals surface area contributed by atoms with Gasteiger partial charge in [0.1, 0.15) is 19.5 Å². The molecular formula is C11H10ClNO3. The largest absolute Gasteiger partial charge is 0.494 e. The summed E-state index contributed by atoms with van der Waals surface area (Å²) < 4.78 is 10.1. The molecule has 0 unspecified atom stereocenters. The average molecular weight is 240 g/mol. The lowest BCUT2D eigenvalue weighted by molar-refractivity contribution is -0.117. The van der Waals surface area contributed by atoms with Gasteiger partial charge in [-0.2, -0.15) is 0 Å². The highest BCUT2D eigenvalue weighted by Crippen LogP contribution is 2.15. The molecular weight excluding hydrogens is 230 g/mol. The highest BCUT2D eigenvalue weighted by molar-refractivity contribution is 6.30. The quantitative estimate of drug-likeness (QED) is 0.861. The zero-order valence-electron chi connectivity index (χ0n) is 8.40. The van der Waals surface area contributed by atoms with Crippen LogP contribution in [-0.4, -0.2) is 19.1 Å². The molecule has 0 fully saturated rings. The van der Waals surface area contributed by atoms with Gasteiger partial charge in [-0.15, -0.1) is 0 Å². The van der Waals surface area contributed by atoms with Crippen molar-refractivity contribution in [1.29, 1.82) is 0 Å². The molecule has 0 atom stereocenters. The van der Waals surface area contributed by atoms with E-state index in [0.717, 1.165) is 0 Å². The van der Waals surface area contributed by atoms with Crippen molar-refractivity contribution in [3.8, 4) is 0 Å². The predicted molar refractivity (Wildman–Crippen MR) is 60.1 cm³/mol. The third-order valence-corrected chi connectivity index (χ3v) is 2.23. The Morgan fingerprint density at radius 3 is 2.62 bits per heavy atom. The summed E-state index contributed by atoms with van der Waals surface area (Å²) in [5, 5.41) is 3.29. The van der Waals surface area contributed by atoms with Crippen molar-refractivity contribution in [2.75, 3.05) is 18.5 Å². The van der Waals surface area contributed by atoms with Crippen molar-refractivity contribution in [3.05, 3.63) is 41.3 Å². The van der Waals surface area contributed by atoms with Crippen molar-refractivity contribution in [2.24, 2.45) is 0 Å². The number of rotatable bonds is 2. The molecule has 0 saturated carbocycles. The van der Waals surface area contributed by atoms with Gasteiger partial charge in [-0.1, -0.05) is 11.6 Å². The Kier molecular flexibility index (Phi) is 3.31. The second-order valence-corrected chi connectivity index (χ2v) is 3.60. The van der Waals surface area contributed by atoms with Gasteiger partial charge in [-0.3, -0.25) is 4.79 Å². The summed E-state index contributed by atoms with van der Waals surface area (Å²) >= 11 is 5.73. The lowest BCUT2D eigenvalue weighted by atomic mass is 10.3. The van der Waals surface area contributed by atoms with Crippen LogP contribution in [0, 0.1) is 0 Å². The van der Waals surface area contributed by atoms with Gasteiger partial charge < -0.3 is 14.8 Å². The Hall–Kier alpha value is -1.68. The summed E-state index contributed by atoms with van der Waals surface area (Å²) in [5.41, 5.74) is 0.657. The topological polar surface area (TPSA) is 47.6 Å². The zero-order chi connectivity index (χ0) is 11.4. The maximum atomic E-state index is 11.6. The van der Waals surface area contributed by atoms with Crippen LogP contribution in [0.4, 0.5) is 5.69 Å². The van der Waals surface area contributed by atoms with Crippen LogP contribution >= 0.6 is 11.6 Å². The molecule has 0 bridgehead atoms. The first kappa shape index (κ1) is 10.8. The maximum Gasteiger partial charge on any atom is 0.294 e. The molecule has 0 radical (unpaired) electrons. The van der Waals surface area contributed by atoms with E-state index in [1.165, 1.54) is 6.26 Å². The van der Waals surface area contributed by atoms with Crippen molar-refractivity contribution in [1.82, 2.24) is 0 Å². The third-order valence-electron chi connectivity index (χ3n) is 1.98. The molecule has 0 spiro atoms. The number of amides is 1. The molecule has 0 aliphatic carbocycles. The first-order valence-electron chi connectivity index (χ1n) is 4.77. The van der Waals surface area contributed by atoms with Crippen LogP contribution in [0.1, 0.15) is 0 Å². The molecule has 0 saturated heterocycles. The summed E-state index contributed by atoms with van der Waals surface area (Å²) in [4.78, 5) is 11.6. The monoisotopic (exact) mass is 239 g/mol. The number of ether oxygens (including phenoxy) is 2. The molecule has 1 aliphatic heterocycles. The van der Waals surface area contributed by atoms with Crippen LogP contribution < -0.4 is 5.32 Å². The Morgan fingerprint density at radius 1 is 1.25 bits per heavy atom. The SMILES string of the molecule is O=C(Nc1ccc(Cl)cc1)C1=COCCO1. The molecule has 1 aliphatic rings. The van der Waals surface area contributed by atoms with E-state index in [2.05, 4.69) is 5.32 Å². The minimum Gasteiger partial charge on any atom is -0.494 e. The molecule has 2 rings (SSSR count). The summed E-state index contributed by atoms with van der Waals surface area (Å²) in [7, 11) is 0. The van der Waals surface area contributed by atoms with E-state index in [-0.39, 0.29) is 11.7 Å². The molecule has 1 aromatic carbocycles. The van der Waals surface area contributed by atoms with Crippen molar-refractivity contribution in [2.45, 2.75) is 0 Å². The van der Waals surface area contributed by atoms with E-state index < -0.39 is 0 Å². The van der Waals surface area contributed by atoms with E-state index in [0.29, 0.717) is 23.9 Å². The minimum atomic E-state index is -0.331. The number of hydrogen-bond donors (Lipinski definition) is 1. The molecule has 1 heterocycles. The van der Waals surface area contributed by atoms with Crippen molar-refractivity contribution >= 4 is 23.2 Å². The number of benzene rings is 1. The number of anilines is 1. The van der Waals surface area contributed by atoms with Crippen LogP contribution in [-0.2, 0) is 14.3 Å². The summed E-state index contributed by atoms with van der Waals surface area (Å²) in [5.74, 6) is -0.150. The molecule has 5 heteroatoms. The normalized spacial score (nSPS) is 14.4. The zero-order valence-corrected chi connectivity index (χ0v) is 9.16. The fourth-order valence-electron chi connectivity index (χ4n) is 1.21. The maximum absolute atomic E-state index is 11.6. The molecule has 0 aromatic heterocycles. The van der Waals surface area contributed by atoms with Crippen LogP contribution in [0.15, 0.2) is 36.3 Å². The van der Waals surface area contributed by atoms with Gasteiger partial charge in [-0.25, -0.2) is 0 Å². The second-order valence-electron chi connectivity index (χ2n) is 3.16. The standard InChI is InChI=1S/C11H10ClNO3/c12-8-1-3-9(4-2-8)13-11(14)10-7-15-5-6-16-10/h1-4,7H,5-6H2,(H,13,14). The summed E-state index contributed by atoms with van der Waals surface area (Å²) in [6.07, 6.45) is 1.31. The third kappa shape index (κ3) is 2.67. The van der Waals surface area contributed by atoms with Gasteiger partial charge in [0.05, 0.1) is 0 Å². The lowest BCUT2D eigenvalue weighted by Crippen LogP contribution is -2.21. The predicted octanol–water partition coefficient (Wildman–Crippen LogP) is 2.17. The Morgan fingerprint density at radius 2 is 2.00 bits per heavy atom. The Bertz CT molecular complexity index is 414. The first-order valence-corrected chi connectivity index (χ1v) is 5.15. The average Bonchev–Trinajstić information content (AvgIpc) is 2.33. The van der Waals surface area contributed by atoms with Gasteiger partial charge in [0.15, 0.2) is 0 Å².